The van der Waals surface area contributed by atoms with Crippen LogP contribution in [0.25, 0.3) is 15.9 Å². The molecule has 4 aromatic rings. The number of esters is 1. The molecule has 0 spiro atoms. The van der Waals surface area contributed by atoms with Gasteiger partial charge in [-0.15, -0.1) is 0 Å². The van der Waals surface area contributed by atoms with E-state index in [1.54, 1.807) is 13.1 Å². The average molecular weight is 340 g/mol. The minimum atomic E-state index is -0.441. The first kappa shape index (κ1) is 14.6. The molecule has 0 unspecified atom stereocenters. The lowest BCUT2D eigenvalue weighted by atomic mass is 10.2. The minimum absolute atomic E-state index is 0.00907. The van der Waals surface area contributed by atoms with E-state index in [4.69, 9.17) is 4.74 Å². The highest BCUT2D eigenvalue weighted by atomic mass is 32.1. The Morgan fingerprint density at radius 3 is 3.08 bits per heavy atom. The Balaban J connectivity index is 1.57. The molecular weight excluding hydrogens is 328 g/mol. The number of ether oxygens (including phenoxy) is 1. The smallest absolute Gasteiger partial charge is 0.340 e. The highest BCUT2D eigenvalue weighted by Gasteiger charge is 2.15. The summed E-state index contributed by atoms with van der Waals surface area (Å²) in [6.45, 7) is 1.74. The Bertz CT molecular complexity index is 1130. The van der Waals surface area contributed by atoms with Crippen molar-refractivity contribution in [2.45, 2.75) is 13.5 Å². The predicted octanol–water partition coefficient (Wildman–Crippen LogP) is 2.30. The molecule has 4 rings (SSSR count). The standard InChI is InChI=1S/C16H12N4O3S/c1-9-6-14(21)20-16(18-9)24-13(19-20)8-23-15(22)11-7-17-12-5-3-2-4-10(11)12/h2-7,17H,8H2,1H3. The van der Waals surface area contributed by atoms with E-state index in [1.807, 2.05) is 24.3 Å². The molecule has 1 N–H and O–H groups in total. The quantitative estimate of drug-likeness (QED) is 0.578. The number of aromatic amines is 1. The second-order valence-electron chi connectivity index (χ2n) is 5.25. The van der Waals surface area contributed by atoms with Gasteiger partial charge in [-0.25, -0.2) is 9.78 Å². The number of aryl methyl sites for hydroxylation is 1. The summed E-state index contributed by atoms with van der Waals surface area (Å²) in [5.74, 6) is -0.441. The van der Waals surface area contributed by atoms with Crippen LogP contribution in [0.3, 0.4) is 0 Å². The molecule has 24 heavy (non-hydrogen) atoms. The minimum Gasteiger partial charge on any atom is -0.455 e. The number of nitrogens with one attached hydrogen (secondary N) is 1. The van der Waals surface area contributed by atoms with Crippen molar-refractivity contribution in [2.24, 2.45) is 0 Å². The molecule has 0 fully saturated rings. The van der Waals surface area contributed by atoms with E-state index in [2.05, 4.69) is 15.1 Å². The Morgan fingerprint density at radius 1 is 1.38 bits per heavy atom. The predicted molar refractivity (Wildman–Crippen MR) is 89.3 cm³/mol. The largest absolute Gasteiger partial charge is 0.455 e. The maximum absolute atomic E-state index is 12.3. The van der Waals surface area contributed by atoms with E-state index in [-0.39, 0.29) is 12.2 Å². The summed E-state index contributed by atoms with van der Waals surface area (Å²) in [4.78, 5) is 31.9. The molecule has 0 atom stereocenters. The third kappa shape index (κ3) is 2.46. The van der Waals surface area contributed by atoms with Crippen molar-refractivity contribution in [3.8, 4) is 0 Å². The normalized spacial score (nSPS) is 11.2. The zero-order chi connectivity index (χ0) is 16.7. The zero-order valence-corrected chi connectivity index (χ0v) is 13.5. The number of H-pyrrole nitrogens is 1. The lowest BCUT2D eigenvalue weighted by Crippen LogP contribution is -2.14. The van der Waals surface area contributed by atoms with Crippen LogP contribution in [0.15, 0.2) is 41.3 Å². The molecule has 0 amide bonds. The van der Waals surface area contributed by atoms with Crippen molar-refractivity contribution in [2.75, 3.05) is 0 Å². The fourth-order valence-corrected chi connectivity index (χ4v) is 3.32. The number of aromatic nitrogens is 4. The topological polar surface area (TPSA) is 89.4 Å². The van der Waals surface area contributed by atoms with Crippen molar-refractivity contribution < 1.29 is 9.53 Å². The number of para-hydroxylation sites is 1. The Labute approximate surface area is 139 Å². The van der Waals surface area contributed by atoms with Crippen LogP contribution in [-0.4, -0.2) is 25.6 Å². The van der Waals surface area contributed by atoms with Gasteiger partial charge in [-0.05, 0) is 13.0 Å². The van der Waals surface area contributed by atoms with E-state index < -0.39 is 5.97 Å². The van der Waals surface area contributed by atoms with Gasteiger partial charge < -0.3 is 9.72 Å². The molecule has 3 heterocycles. The molecule has 0 radical (unpaired) electrons. The van der Waals surface area contributed by atoms with Crippen LogP contribution in [0.2, 0.25) is 0 Å². The van der Waals surface area contributed by atoms with Crippen LogP contribution < -0.4 is 5.56 Å². The van der Waals surface area contributed by atoms with Crippen LogP contribution in [0.1, 0.15) is 21.1 Å². The molecule has 3 aromatic heterocycles. The van der Waals surface area contributed by atoms with Gasteiger partial charge in [0.25, 0.3) is 5.56 Å². The van der Waals surface area contributed by atoms with Gasteiger partial charge in [0.15, 0.2) is 5.01 Å². The molecule has 1 aromatic carbocycles. The van der Waals surface area contributed by atoms with Gasteiger partial charge in [0, 0.05) is 28.9 Å². The van der Waals surface area contributed by atoms with E-state index >= 15 is 0 Å². The van der Waals surface area contributed by atoms with E-state index in [0.717, 1.165) is 10.9 Å². The first-order valence-corrected chi connectivity index (χ1v) is 8.03. The van der Waals surface area contributed by atoms with Gasteiger partial charge in [-0.2, -0.15) is 9.61 Å². The van der Waals surface area contributed by atoms with Gasteiger partial charge in [0.1, 0.15) is 6.61 Å². The summed E-state index contributed by atoms with van der Waals surface area (Å²) < 4.78 is 6.54. The number of fused-ring (bicyclic) bond motifs is 2. The second kappa shape index (κ2) is 5.57. The molecule has 0 aliphatic carbocycles. The van der Waals surface area contributed by atoms with Crippen molar-refractivity contribution in [1.82, 2.24) is 19.6 Å². The Kier molecular flexibility index (Phi) is 3.39. The monoisotopic (exact) mass is 340 g/mol. The molecule has 8 heteroatoms. The van der Waals surface area contributed by atoms with Crippen molar-refractivity contribution in [3.63, 3.8) is 0 Å². The van der Waals surface area contributed by atoms with Crippen LogP contribution in [0.5, 0.6) is 0 Å². The van der Waals surface area contributed by atoms with Gasteiger partial charge in [0.05, 0.1) is 5.56 Å². The molecule has 7 nitrogen and oxygen atoms in total. The fraction of sp³-hybridized carbons (Fsp3) is 0.125. The summed E-state index contributed by atoms with van der Waals surface area (Å²) in [6.07, 6.45) is 1.63. The van der Waals surface area contributed by atoms with Crippen LogP contribution in [0, 0.1) is 6.92 Å². The van der Waals surface area contributed by atoms with Crippen molar-refractivity contribution in [1.29, 1.82) is 0 Å². The van der Waals surface area contributed by atoms with E-state index in [9.17, 15) is 9.59 Å². The molecule has 0 aliphatic heterocycles. The number of carbonyl (C=O) groups excluding carboxylic acids is 1. The van der Waals surface area contributed by atoms with Crippen LogP contribution >= 0.6 is 11.3 Å². The lowest BCUT2D eigenvalue weighted by Gasteiger charge is -2.00. The van der Waals surface area contributed by atoms with Crippen LogP contribution in [0.4, 0.5) is 0 Å². The molecule has 0 aliphatic rings. The number of hydrogen-bond acceptors (Lipinski definition) is 6. The summed E-state index contributed by atoms with van der Waals surface area (Å²) in [5.41, 5.74) is 1.72. The number of rotatable bonds is 3. The first-order valence-electron chi connectivity index (χ1n) is 7.21. The van der Waals surface area contributed by atoms with Gasteiger partial charge in [0.2, 0.25) is 4.96 Å². The molecule has 120 valence electrons. The van der Waals surface area contributed by atoms with Gasteiger partial charge in [-0.3, -0.25) is 4.79 Å². The SMILES string of the molecule is Cc1cc(=O)n2nc(COC(=O)c3c[nH]c4ccccc34)sc2n1. The number of benzene rings is 1. The second-order valence-corrected chi connectivity index (χ2v) is 6.29. The van der Waals surface area contributed by atoms with Crippen LogP contribution in [-0.2, 0) is 11.3 Å². The van der Waals surface area contributed by atoms with Crippen molar-refractivity contribution in [3.05, 3.63) is 63.1 Å². The number of nitrogens with zero attached hydrogens (tertiary/aromatic N) is 3. The maximum Gasteiger partial charge on any atom is 0.340 e. The van der Waals surface area contributed by atoms with Gasteiger partial charge in [-0.1, -0.05) is 29.5 Å². The molecule has 0 bridgehead atoms. The van der Waals surface area contributed by atoms with E-state index in [0.29, 0.717) is 21.2 Å². The highest BCUT2D eigenvalue weighted by Crippen LogP contribution is 2.19. The third-order valence-electron chi connectivity index (χ3n) is 3.55. The first-order chi connectivity index (χ1) is 11.6. The van der Waals surface area contributed by atoms with Crippen molar-refractivity contribution >= 4 is 33.2 Å². The summed E-state index contributed by atoms with van der Waals surface area (Å²) in [7, 11) is 0. The third-order valence-corrected chi connectivity index (χ3v) is 4.43. The number of carbonyl (C=O) groups is 1. The van der Waals surface area contributed by atoms with Gasteiger partial charge >= 0.3 is 5.97 Å². The average Bonchev–Trinajstić information content (AvgIpc) is 3.16. The summed E-state index contributed by atoms with van der Waals surface area (Å²) in [6, 6.07) is 8.91. The van der Waals surface area contributed by atoms with E-state index in [1.165, 1.54) is 21.9 Å². The maximum atomic E-state index is 12.3. The fourth-order valence-electron chi connectivity index (χ4n) is 2.46. The molecular formula is C16H12N4O3S. The Morgan fingerprint density at radius 2 is 2.21 bits per heavy atom. The summed E-state index contributed by atoms with van der Waals surface area (Å²) in [5, 5.41) is 5.46. The Hall–Kier alpha value is -3.00. The molecule has 0 saturated carbocycles. The highest BCUT2D eigenvalue weighted by molar-refractivity contribution is 7.16. The zero-order valence-electron chi connectivity index (χ0n) is 12.6. The number of hydrogen-bond donors (Lipinski definition) is 1. The molecule has 0 saturated heterocycles. The summed E-state index contributed by atoms with van der Waals surface area (Å²) >= 11 is 1.22. The lowest BCUT2D eigenvalue weighted by molar-refractivity contribution is 0.0474.